The van der Waals surface area contributed by atoms with Crippen LogP contribution in [-0.2, 0) is 6.42 Å². The van der Waals surface area contributed by atoms with Crippen LogP contribution in [0.4, 0.5) is 0 Å². The minimum absolute atomic E-state index is 0.379. The number of rotatable bonds is 4. The van der Waals surface area contributed by atoms with Gasteiger partial charge in [0.2, 0.25) is 0 Å². The van der Waals surface area contributed by atoms with Gasteiger partial charge in [-0.3, -0.25) is 4.79 Å². The van der Waals surface area contributed by atoms with Gasteiger partial charge in [-0.05, 0) is 31.4 Å². The van der Waals surface area contributed by atoms with Crippen LogP contribution < -0.4 is 4.74 Å². The summed E-state index contributed by atoms with van der Waals surface area (Å²) in [5.74, 6) is 0.834. The molecule has 1 aromatic heterocycles. The third kappa shape index (κ3) is 1.92. The zero-order valence-corrected chi connectivity index (χ0v) is 8.19. The SMILES string of the molecule is CCc1nc(C=O)ccc1OC1CC1. The molecule has 0 bridgehead atoms. The highest BCUT2D eigenvalue weighted by Crippen LogP contribution is 2.28. The Hall–Kier alpha value is -1.38. The molecule has 1 saturated carbocycles. The number of carbonyl (C=O) groups is 1. The van der Waals surface area contributed by atoms with E-state index in [-0.39, 0.29) is 0 Å². The summed E-state index contributed by atoms with van der Waals surface area (Å²) in [6, 6.07) is 3.54. The first-order valence-corrected chi connectivity index (χ1v) is 4.95. The van der Waals surface area contributed by atoms with Crippen molar-refractivity contribution in [2.75, 3.05) is 0 Å². The monoisotopic (exact) mass is 191 g/mol. The van der Waals surface area contributed by atoms with Gasteiger partial charge in [0.15, 0.2) is 6.29 Å². The van der Waals surface area contributed by atoms with Gasteiger partial charge in [0.1, 0.15) is 11.4 Å². The first-order chi connectivity index (χ1) is 6.83. The summed E-state index contributed by atoms with van der Waals surface area (Å²) in [5, 5.41) is 0. The maximum Gasteiger partial charge on any atom is 0.168 e. The lowest BCUT2D eigenvalue weighted by atomic mass is 10.2. The zero-order chi connectivity index (χ0) is 9.97. The van der Waals surface area contributed by atoms with Crippen molar-refractivity contribution in [3.05, 3.63) is 23.5 Å². The Labute approximate surface area is 83.1 Å². The van der Waals surface area contributed by atoms with Crippen molar-refractivity contribution >= 4 is 6.29 Å². The van der Waals surface area contributed by atoms with Crippen LogP contribution in [-0.4, -0.2) is 17.4 Å². The molecule has 0 atom stereocenters. The maximum atomic E-state index is 10.5. The molecule has 1 fully saturated rings. The van der Waals surface area contributed by atoms with E-state index in [0.717, 1.165) is 37.0 Å². The van der Waals surface area contributed by atoms with Gasteiger partial charge in [0, 0.05) is 0 Å². The number of nitrogens with zero attached hydrogens (tertiary/aromatic N) is 1. The lowest BCUT2D eigenvalue weighted by molar-refractivity contribution is 0.111. The van der Waals surface area contributed by atoms with Crippen molar-refractivity contribution in [2.24, 2.45) is 0 Å². The maximum absolute atomic E-state index is 10.5. The van der Waals surface area contributed by atoms with E-state index in [1.807, 2.05) is 13.0 Å². The highest BCUT2D eigenvalue weighted by Gasteiger charge is 2.24. The van der Waals surface area contributed by atoms with Gasteiger partial charge in [0.25, 0.3) is 0 Å². The van der Waals surface area contributed by atoms with E-state index in [2.05, 4.69) is 4.98 Å². The molecule has 0 N–H and O–H groups in total. The highest BCUT2D eigenvalue weighted by molar-refractivity contribution is 5.72. The summed E-state index contributed by atoms with van der Waals surface area (Å²) < 4.78 is 5.67. The fourth-order valence-electron chi connectivity index (χ4n) is 1.30. The topological polar surface area (TPSA) is 39.2 Å². The number of aromatic nitrogens is 1. The summed E-state index contributed by atoms with van der Waals surface area (Å²) in [4.78, 5) is 14.7. The average Bonchev–Trinajstić information content (AvgIpc) is 3.02. The fraction of sp³-hybridized carbons (Fsp3) is 0.455. The predicted molar refractivity (Wildman–Crippen MR) is 52.7 cm³/mol. The normalized spacial score (nSPS) is 15.2. The standard InChI is InChI=1S/C11H13NO2/c1-2-10-11(14-9-4-5-9)6-3-8(7-13)12-10/h3,6-7,9H,2,4-5H2,1H3. The minimum Gasteiger partial charge on any atom is -0.489 e. The molecule has 2 rings (SSSR count). The first kappa shape index (κ1) is 9.19. The summed E-state index contributed by atoms with van der Waals surface area (Å²) in [7, 11) is 0. The van der Waals surface area contributed by atoms with Crippen LogP contribution in [0, 0.1) is 0 Å². The number of aryl methyl sites for hydroxylation is 1. The summed E-state index contributed by atoms with van der Waals surface area (Å²) in [6.45, 7) is 2.01. The zero-order valence-electron chi connectivity index (χ0n) is 8.19. The van der Waals surface area contributed by atoms with Crippen molar-refractivity contribution in [3.8, 4) is 5.75 Å². The Morgan fingerprint density at radius 3 is 2.93 bits per heavy atom. The number of hydrogen-bond acceptors (Lipinski definition) is 3. The van der Waals surface area contributed by atoms with Gasteiger partial charge >= 0.3 is 0 Å². The van der Waals surface area contributed by atoms with E-state index < -0.39 is 0 Å². The van der Waals surface area contributed by atoms with Crippen LogP contribution in [0.15, 0.2) is 12.1 Å². The van der Waals surface area contributed by atoms with Gasteiger partial charge in [-0.15, -0.1) is 0 Å². The molecular weight excluding hydrogens is 178 g/mol. The third-order valence-electron chi connectivity index (χ3n) is 2.23. The molecule has 1 aromatic rings. The van der Waals surface area contributed by atoms with Crippen molar-refractivity contribution in [1.82, 2.24) is 4.98 Å². The fourth-order valence-corrected chi connectivity index (χ4v) is 1.30. The molecule has 0 spiro atoms. The van der Waals surface area contributed by atoms with Crippen molar-refractivity contribution in [3.63, 3.8) is 0 Å². The minimum atomic E-state index is 0.379. The van der Waals surface area contributed by atoms with E-state index in [1.54, 1.807) is 6.07 Å². The summed E-state index contributed by atoms with van der Waals surface area (Å²) in [6.07, 6.45) is 4.21. The molecule has 0 aromatic carbocycles. The van der Waals surface area contributed by atoms with Gasteiger partial charge in [-0.2, -0.15) is 0 Å². The quantitative estimate of drug-likeness (QED) is 0.683. The molecule has 1 aliphatic rings. The van der Waals surface area contributed by atoms with Crippen molar-refractivity contribution < 1.29 is 9.53 Å². The van der Waals surface area contributed by atoms with E-state index >= 15 is 0 Å². The Bertz CT molecular complexity index is 345. The van der Waals surface area contributed by atoms with E-state index in [1.165, 1.54) is 0 Å². The third-order valence-corrected chi connectivity index (χ3v) is 2.23. The molecule has 0 radical (unpaired) electrons. The molecule has 0 unspecified atom stereocenters. The lowest BCUT2D eigenvalue weighted by Crippen LogP contribution is -2.02. The second-order valence-electron chi connectivity index (χ2n) is 3.47. The smallest absolute Gasteiger partial charge is 0.168 e. The highest BCUT2D eigenvalue weighted by atomic mass is 16.5. The Balaban J connectivity index is 2.23. The van der Waals surface area contributed by atoms with Crippen LogP contribution in [0.2, 0.25) is 0 Å². The largest absolute Gasteiger partial charge is 0.489 e. The summed E-state index contributed by atoms with van der Waals surface area (Å²) in [5.41, 5.74) is 1.35. The van der Waals surface area contributed by atoms with Crippen molar-refractivity contribution in [1.29, 1.82) is 0 Å². The van der Waals surface area contributed by atoms with Gasteiger partial charge in [-0.25, -0.2) is 4.98 Å². The van der Waals surface area contributed by atoms with Gasteiger partial charge < -0.3 is 4.74 Å². The summed E-state index contributed by atoms with van der Waals surface area (Å²) >= 11 is 0. The number of ether oxygens (including phenoxy) is 1. The second kappa shape index (κ2) is 3.78. The van der Waals surface area contributed by atoms with Gasteiger partial charge in [-0.1, -0.05) is 6.92 Å². The number of pyridine rings is 1. The predicted octanol–water partition coefficient (Wildman–Crippen LogP) is 2.00. The molecule has 0 aliphatic heterocycles. The van der Waals surface area contributed by atoms with E-state index in [0.29, 0.717) is 11.8 Å². The molecular formula is C11H13NO2. The lowest BCUT2D eigenvalue weighted by Gasteiger charge is -2.08. The molecule has 0 saturated heterocycles. The van der Waals surface area contributed by atoms with Crippen LogP contribution in [0.3, 0.4) is 0 Å². The van der Waals surface area contributed by atoms with Crippen LogP contribution in [0.1, 0.15) is 35.9 Å². The first-order valence-electron chi connectivity index (χ1n) is 4.95. The van der Waals surface area contributed by atoms with E-state index in [4.69, 9.17) is 4.74 Å². The number of aldehydes is 1. The molecule has 3 nitrogen and oxygen atoms in total. The molecule has 14 heavy (non-hydrogen) atoms. The van der Waals surface area contributed by atoms with Crippen LogP contribution in [0.25, 0.3) is 0 Å². The molecule has 1 heterocycles. The van der Waals surface area contributed by atoms with Crippen LogP contribution >= 0.6 is 0 Å². The molecule has 74 valence electrons. The van der Waals surface area contributed by atoms with Crippen LogP contribution in [0.5, 0.6) is 5.75 Å². The Morgan fingerprint density at radius 2 is 2.36 bits per heavy atom. The number of carbonyl (C=O) groups excluding carboxylic acids is 1. The Morgan fingerprint density at radius 1 is 1.57 bits per heavy atom. The average molecular weight is 191 g/mol. The van der Waals surface area contributed by atoms with Gasteiger partial charge in [0.05, 0.1) is 11.8 Å². The molecule has 0 amide bonds. The number of hydrogen-bond donors (Lipinski definition) is 0. The Kier molecular flexibility index (Phi) is 2.48. The van der Waals surface area contributed by atoms with Crippen molar-refractivity contribution in [2.45, 2.75) is 32.3 Å². The second-order valence-corrected chi connectivity index (χ2v) is 3.47. The molecule has 1 aliphatic carbocycles. The van der Waals surface area contributed by atoms with E-state index in [9.17, 15) is 4.79 Å². The molecule has 3 heteroatoms.